The van der Waals surface area contributed by atoms with Gasteiger partial charge in [0, 0.05) is 13.1 Å². The van der Waals surface area contributed by atoms with Crippen molar-refractivity contribution in [3.63, 3.8) is 0 Å². The van der Waals surface area contributed by atoms with Crippen LogP contribution in [0.2, 0.25) is 0 Å². The Morgan fingerprint density at radius 2 is 2.17 bits per heavy atom. The summed E-state index contributed by atoms with van der Waals surface area (Å²) in [6, 6.07) is 0. The van der Waals surface area contributed by atoms with E-state index in [0.29, 0.717) is 6.61 Å². The number of carbonyl (C=O) groups is 1. The Morgan fingerprint density at radius 1 is 1.58 bits per heavy atom. The van der Waals surface area contributed by atoms with Crippen molar-refractivity contribution < 1.29 is 9.53 Å². The van der Waals surface area contributed by atoms with Crippen LogP contribution in [0.1, 0.15) is 19.8 Å². The van der Waals surface area contributed by atoms with Crippen molar-refractivity contribution in [1.82, 2.24) is 4.67 Å². The summed E-state index contributed by atoms with van der Waals surface area (Å²) in [5, 5.41) is 0. The first-order chi connectivity index (χ1) is 5.74. The molecule has 0 aliphatic carbocycles. The summed E-state index contributed by atoms with van der Waals surface area (Å²) in [6.07, 6.45) is 1.87. The molecule has 0 radical (unpaired) electrons. The van der Waals surface area contributed by atoms with Crippen molar-refractivity contribution in [2.24, 2.45) is 5.92 Å². The first kappa shape index (κ1) is 9.94. The average Bonchev–Trinajstić information content (AvgIpc) is 2.06. The highest BCUT2D eigenvalue weighted by atomic mass is 31.0. The van der Waals surface area contributed by atoms with E-state index in [1.165, 1.54) is 0 Å². The van der Waals surface area contributed by atoms with Crippen LogP contribution in [0, 0.1) is 5.92 Å². The minimum atomic E-state index is -0.0180. The second-order valence-corrected chi connectivity index (χ2v) is 3.79. The van der Waals surface area contributed by atoms with E-state index in [1.54, 1.807) is 0 Å². The predicted octanol–water partition coefficient (Wildman–Crippen LogP) is 1.05. The van der Waals surface area contributed by atoms with E-state index in [9.17, 15) is 4.79 Å². The Morgan fingerprint density at radius 3 is 2.67 bits per heavy atom. The Kier molecular flexibility index (Phi) is 3.96. The van der Waals surface area contributed by atoms with Gasteiger partial charge in [-0.1, -0.05) is 9.39 Å². The largest absolute Gasteiger partial charge is 0.466 e. The van der Waals surface area contributed by atoms with E-state index in [4.69, 9.17) is 4.74 Å². The van der Waals surface area contributed by atoms with Gasteiger partial charge in [-0.15, -0.1) is 0 Å². The third-order valence-electron chi connectivity index (χ3n) is 2.15. The van der Waals surface area contributed by atoms with Gasteiger partial charge in [0.15, 0.2) is 0 Å². The van der Waals surface area contributed by atoms with Gasteiger partial charge in [0.05, 0.1) is 12.5 Å². The van der Waals surface area contributed by atoms with Crippen LogP contribution in [0.5, 0.6) is 0 Å². The molecular formula is C8H16NO2P. The molecule has 3 nitrogen and oxygen atoms in total. The lowest BCUT2D eigenvalue weighted by molar-refractivity contribution is -0.149. The molecule has 1 aliphatic rings. The molecule has 0 aromatic heterocycles. The monoisotopic (exact) mass is 189 g/mol. The second kappa shape index (κ2) is 4.78. The van der Waals surface area contributed by atoms with Gasteiger partial charge in [-0.25, -0.2) is 0 Å². The summed E-state index contributed by atoms with van der Waals surface area (Å²) in [6.45, 7) is 4.31. The molecule has 4 heteroatoms. The molecule has 1 rings (SSSR count). The maximum atomic E-state index is 11.3. The number of piperidine rings is 1. The quantitative estimate of drug-likeness (QED) is 0.480. The number of ether oxygens (including phenoxy) is 1. The van der Waals surface area contributed by atoms with Crippen molar-refractivity contribution in [1.29, 1.82) is 0 Å². The second-order valence-electron chi connectivity index (χ2n) is 3.06. The topological polar surface area (TPSA) is 29.5 Å². The Hall–Kier alpha value is -0.140. The van der Waals surface area contributed by atoms with Crippen LogP contribution in [0.25, 0.3) is 0 Å². The maximum Gasteiger partial charge on any atom is 0.309 e. The summed E-state index contributed by atoms with van der Waals surface area (Å²) in [4.78, 5) is 11.3. The summed E-state index contributed by atoms with van der Waals surface area (Å²) < 4.78 is 7.11. The standard InChI is InChI=1S/C8H16NO2P/c1-2-11-8(10)7-3-5-9(12)6-4-7/h7H,2-6,12H2,1H3. The summed E-state index contributed by atoms with van der Waals surface area (Å²) >= 11 is 0. The van der Waals surface area contributed by atoms with Crippen molar-refractivity contribution >= 4 is 15.4 Å². The molecule has 0 bridgehead atoms. The van der Waals surface area contributed by atoms with Crippen molar-refractivity contribution in [2.75, 3.05) is 19.7 Å². The fourth-order valence-electron chi connectivity index (χ4n) is 1.40. The van der Waals surface area contributed by atoms with Crippen LogP contribution < -0.4 is 0 Å². The molecule has 1 atom stereocenters. The number of nitrogens with zero attached hydrogens (tertiary/aromatic N) is 1. The molecule has 1 saturated heterocycles. The van der Waals surface area contributed by atoms with Crippen LogP contribution in [-0.4, -0.2) is 30.3 Å². The predicted molar refractivity (Wildman–Crippen MR) is 50.6 cm³/mol. The van der Waals surface area contributed by atoms with E-state index >= 15 is 0 Å². The number of rotatable bonds is 2. The van der Waals surface area contributed by atoms with Gasteiger partial charge >= 0.3 is 5.97 Å². The number of hydrogen-bond donors (Lipinski definition) is 0. The van der Waals surface area contributed by atoms with E-state index in [-0.39, 0.29) is 11.9 Å². The highest BCUT2D eigenvalue weighted by Crippen LogP contribution is 2.20. The molecule has 0 aromatic rings. The normalized spacial score (nSPS) is 20.8. The zero-order chi connectivity index (χ0) is 8.97. The fraction of sp³-hybridized carbons (Fsp3) is 0.875. The molecular weight excluding hydrogens is 173 g/mol. The molecule has 0 aromatic carbocycles. The molecule has 1 fully saturated rings. The molecule has 1 heterocycles. The first-order valence-corrected chi connectivity index (χ1v) is 4.92. The Bertz CT molecular complexity index is 155. The Labute approximate surface area is 75.7 Å². The van der Waals surface area contributed by atoms with Crippen LogP contribution >= 0.6 is 9.39 Å². The molecule has 0 N–H and O–H groups in total. The van der Waals surface area contributed by atoms with Crippen LogP contribution in [0.4, 0.5) is 0 Å². The molecule has 0 amide bonds. The van der Waals surface area contributed by atoms with Gasteiger partial charge in [0.1, 0.15) is 0 Å². The van der Waals surface area contributed by atoms with E-state index in [0.717, 1.165) is 25.9 Å². The third kappa shape index (κ3) is 2.72. The van der Waals surface area contributed by atoms with Gasteiger partial charge in [-0.2, -0.15) is 0 Å². The van der Waals surface area contributed by atoms with Crippen molar-refractivity contribution in [3.05, 3.63) is 0 Å². The van der Waals surface area contributed by atoms with E-state index in [1.807, 2.05) is 6.92 Å². The van der Waals surface area contributed by atoms with Gasteiger partial charge < -0.3 is 4.74 Å². The van der Waals surface area contributed by atoms with Gasteiger partial charge in [0.25, 0.3) is 0 Å². The number of hydrogen-bond acceptors (Lipinski definition) is 3. The summed E-state index contributed by atoms with van der Waals surface area (Å²) in [5.41, 5.74) is 0. The third-order valence-corrected chi connectivity index (χ3v) is 2.67. The minimum absolute atomic E-state index is 0.0180. The molecule has 70 valence electrons. The van der Waals surface area contributed by atoms with Gasteiger partial charge in [-0.05, 0) is 19.8 Å². The lowest BCUT2D eigenvalue weighted by Gasteiger charge is -2.26. The zero-order valence-electron chi connectivity index (χ0n) is 7.45. The van der Waals surface area contributed by atoms with E-state index < -0.39 is 0 Å². The zero-order valence-corrected chi connectivity index (χ0v) is 8.61. The van der Waals surface area contributed by atoms with Gasteiger partial charge in [0.2, 0.25) is 0 Å². The molecule has 1 unspecified atom stereocenters. The molecule has 0 saturated carbocycles. The van der Waals surface area contributed by atoms with Gasteiger partial charge in [-0.3, -0.25) is 9.46 Å². The highest BCUT2D eigenvalue weighted by molar-refractivity contribution is 7.13. The summed E-state index contributed by atoms with van der Waals surface area (Å²) in [7, 11) is 2.66. The number of carbonyl (C=O) groups excluding carboxylic acids is 1. The van der Waals surface area contributed by atoms with E-state index in [2.05, 4.69) is 14.1 Å². The first-order valence-electron chi connectivity index (χ1n) is 4.40. The smallest absolute Gasteiger partial charge is 0.309 e. The lowest BCUT2D eigenvalue weighted by Crippen LogP contribution is -2.31. The SMILES string of the molecule is CCOC(=O)C1CCN(P)CC1. The van der Waals surface area contributed by atoms with Crippen LogP contribution in [0.15, 0.2) is 0 Å². The molecule has 1 aliphatic heterocycles. The summed E-state index contributed by atoms with van der Waals surface area (Å²) in [5.74, 6) is 0.123. The van der Waals surface area contributed by atoms with Crippen LogP contribution in [0.3, 0.4) is 0 Å². The van der Waals surface area contributed by atoms with Crippen molar-refractivity contribution in [2.45, 2.75) is 19.8 Å². The number of esters is 1. The average molecular weight is 189 g/mol. The molecule has 0 spiro atoms. The fourth-order valence-corrected chi connectivity index (χ4v) is 1.69. The minimum Gasteiger partial charge on any atom is -0.466 e. The molecule has 12 heavy (non-hydrogen) atoms. The maximum absolute atomic E-state index is 11.3. The Balaban J connectivity index is 2.29. The highest BCUT2D eigenvalue weighted by Gasteiger charge is 2.23. The van der Waals surface area contributed by atoms with Crippen molar-refractivity contribution in [3.8, 4) is 0 Å². The van der Waals surface area contributed by atoms with Crippen LogP contribution in [-0.2, 0) is 9.53 Å². The lowest BCUT2D eigenvalue weighted by atomic mass is 9.98.